The number of halogens is 2. The first-order chi connectivity index (χ1) is 9.04. The minimum atomic E-state index is -0.776. The van der Waals surface area contributed by atoms with Gasteiger partial charge in [-0.2, -0.15) is 0 Å². The Hall–Kier alpha value is -1.00. The number of rotatable bonds is 4. The van der Waals surface area contributed by atoms with Crippen molar-refractivity contribution in [2.75, 3.05) is 19.6 Å². The van der Waals surface area contributed by atoms with Crippen LogP contribution in [0.4, 0.5) is 8.78 Å². The third-order valence-corrected chi connectivity index (χ3v) is 3.49. The highest BCUT2D eigenvalue weighted by Gasteiger charge is 2.20. The molecule has 19 heavy (non-hydrogen) atoms. The third-order valence-electron chi connectivity index (χ3n) is 3.49. The Labute approximate surface area is 113 Å². The summed E-state index contributed by atoms with van der Waals surface area (Å²) in [6, 6.07) is 4.67. The van der Waals surface area contributed by atoms with E-state index in [1.54, 1.807) is 6.07 Å². The minimum absolute atomic E-state index is 0.499. The molecule has 1 aromatic rings. The van der Waals surface area contributed by atoms with E-state index in [-0.39, 0.29) is 0 Å². The predicted octanol–water partition coefficient (Wildman–Crippen LogP) is 2.78. The van der Waals surface area contributed by atoms with Crippen LogP contribution in [0.2, 0.25) is 0 Å². The van der Waals surface area contributed by atoms with Crippen LogP contribution in [0.3, 0.4) is 0 Å². The van der Waals surface area contributed by atoms with Gasteiger partial charge in [0.1, 0.15) is 0 Å². The molecule has 4 heteroatoms. The molecular weight excluding hydrogens is 246 g/mol. The van der Waals surface area contributed by atoms with Gasteiger partial charge < -0.3 is 5.32 Å². The maximum Gasteiger partial charge on any atom is 0.159 e. The summed E-state index contributed by atoms with van der Waals surface area (Å²) in [7, 11) is 0. The summed E-state index contributed by atoms with van der Waals surface area (Å²) < 4.78 is 26.1. The highest BCUT2D eigenvalue weighted by atomic mass is 19.2. The van der Waals surface area contributed by atoms with Crippen LogP contribution in [-0.4, -0.2) is 30.6 Å². The third kappa shape index (κ3) is 4.25. The molecule has 2 nitrogen and oxygen atoms in total. The molecule has 1 heterocycles. The van der Waals surface area contributed by atoms with E-state index in [1.165, 1.54) is 12.1 Å². The van der Waals surface area contributed by atoms with Crippen molar-refractivity contribution < 1.29 is 8.78 Å². The van der Waals surface area contributed by atoms with E-state index in [1.807, 2.05) is 0 Å². The zero-order valence-corrected chi connectivity index (χ0v) is 11.6. The number of benzene rings is 1. The molecule has 0 bridgehead atoms. The Morgan fingerprint density at radius 2 is 2.11 bits per heavy atom. The lowest BCUT2D eigenvalue weighted by Crippen LogP contribution is -2.50. The van der Waals surface area contributed by atoms with E-state index in [9.17, 15) is 8.78 Å². The molecule has 1 fully saturated rings. The summed E-state index contributed by atoms with van der Waals surface area (Å²) in [4.78, 5) is 2.30. The second-order valence-corrected chi connectivity index (χ2v) is 5.76. The van der Waals surface area contributed by atoms with Gasteiger partial charge in [-0.1, -0.05) is 19.9 Å². The Morgan fingerprint density at radius 1 is 1.32 bits per heavy atom. The number of piperazine rings is 1. The molecule has 1 saturated heterocycles. The summed E-state index contributed by atoms with van der Waals surface area (Å²) >= 11 is 0. The fourth-order valence-corrected chi connectivity index (χ4v) is 2.66. The van der Waals surface area contributed by atoms with Crippen molar-refractivity contribution in [1.29, 1.82) is 0 Å². The maximum atomic E-state index is 13.2. The number of hydrogen-bond acceptors (Lipinski definition) is 2. The number of nitrogens with zero attached hydrogens (tertiary/aromatic N) is 1. The van der Waals surface area contributed by atoms with Crippen molar-refractivity contribution in [2.45, 2.75) is 32.9 Å². The molecule has 2 rings (SSSR count). The molecule has 0 spiro atoms. The second-order valence-electron chi connectivity index (χ2n) is 5.76. The standard InChI is InChI=1S/C15H22F2N2/c1-11(2)7-13-10-19(6-5-18-13)9-12-3-4-14(16)15(17)8-12/h3-4,8,11,13,18H,5-7,9-10H2,1-2H3. The zero-order valence-electron chi connectivity index (χ0n) is 11.6. The summed E-state index contributed by atoms with van der Waals surface area (Å²) in [5.41, 5.74) is 0.837. The molecule has 0 aromatic heterocycles. The Kier molecular flexibility index (Phi) is 4.88. The average Bonchev–Trinajstić information content (AvgIpc) is 2.33. The van der Waals surface area contributed by atoms with E-state index in [0.29, 0.717) is 18.5 Å². The lowest BCUT2D eigenvalue weighted by Gasteiger charge is -2.34. The van der Waals surface area contributed by atoms with Crippen LogP contribution in [-0.2, 0) is 6.54 Å². The van der Waals surface area contributed by atoms with Crippen molar-refractivity contribution in [3.05, 3.63) is 35.4 Å². The van der Waals surface area contributed by atoms with Gasteiger partial charge in [0.2, 0.25) is 0 Å². The molecule has 1 aromatic carbocycles. The van der Waals surface area contributed by atoms with Crippen LogP contribution < -0.4 is 5.32 Å². The molecule has 1 aliphatic rings. The van der Waals surface area contributed by atoms with Gasteiger partial charge in [-0.25, -0.2) is 8.78 Å². The van der Waals surface area contributed by atoms with Gasteiger partial charge in [-0.15, -0.1) is 0 Å². The molecule has 1 atom stereocenters. The number of hydrogen-bond donors (Lipinski definition) is 1. The first-order valence-corrected chi connectivity index (χ1v) is 6.94. The minimum Gasteiger partial charge on any atom is -0.311 e. The van der Waals surface area contributed by atoms with Gasteiger partial charge in [0.05, 0.1) is 0 Å². The van der Waals surface area contributed by atoms with E-state index in [0.717, 1.165) is 31.6 Å². The van der Waals surface area contributed by atoms with Crippen molar-refractivity contribution in [3.63, 3.8) is 0 Å². The number of nitrogens with one attached hydrogen (secondary N) is 1. The maximum absolute atomic E-state index is 13.2. The summed E-state index contributed by atoms with van der Waals surface area (Å²) in [5.74, 6) is -0.867. The van der Waals surface area contributed by atoms with Crippen molar-refractivity contribution in [3.8, 4) is 0 Å². The second kappa shape index (κ2) is 6.44. The highest BCUT2D eigenvalue weighted by molar-refractivity contribution is 5.17. The smallest absolute Gasteiger partial charge is 0.159 e. The van der Waals surface area contributed by atoms with Crippen molar-refractivity contribution in [2.24, 2.45) is 5.92 Å². The average molecular weight is 268 g/mol. The molecular formula is C15H22F2N2. The van der Waals surface area contributed by atoms with Crippen LogP contribution in [0.5, 0.6) is 0 Å². The molecule has 0 aliphatic carbocycles. The highest BCUT2D eigenvalue weighted by Crippen LogP contribution is 2.14. The Bertz CT molecular complexity index is 421. The van der Waals surface area contributed by atoms with Gasteiger partial charge in [0, 0.05) is 32.2 Å². The SMILES string of the molecule is CC(C)CC1CN(Cc2ccc(F)c(F)c2)CCN1. The van der Waals surface area contributed by atoms with E-state index >= 15 is 0 Å². The Morgan fingerprint density at radius 3 is 2.79 bits per heavy atom. The fourth-order valence-electron chi connectivity index (χ4n) is 2.66. The lowest BCUT2D eigenvalue weighted by molar-refractivity contribution is 0.179. The van der Waals surface area contributed by atoms with E-state index in [2.05, 4.69) is 24.1 Å². The van der Waals surface area contributed by atoms with Crippen LogP contribution in [0.15, 0.2) is 18.2 Å². The van der Waals surface area contributed by atoms with Crippen LogP contribution in [0, 0.1) is 17.6 Å². The van der Waals surface area contributed by atoms with Gasteiger partial charge in [-0.3, -0.25) is 4.90 Å². The van der Waals surface area contributed by atoms with Crippen molar-refractivity contribution in [1.82, 2.24) is 10.2 Å². The van der Waals surface area contributed by atoms with E-state index < -0.39 is 11.6 Å². The van der Waals surface area contributed by atoms with Gasteiger partial charge in [-0.05, 0) is 30.0 Å². The van der Waals surface area contributed by atoms with Crippen LogP contribution in [0.25, 0.3) is 0 Å². The molecule has 1 N–H and O–H groups in total. The molecule has 106 valence electrons. The van der Waals surface area contributed by atoms with Gasteiger partial charge in [0.25, 0.3) is 0 Å². The molecule has 0 saturated carbocycles. The largest absolute Gasteiger partial charge is 0.311 e. The normalized spacial score (nSPS) is 21.0. The Balaban J connectivity index is 1.92. The van der Waals surface area contributed by atoms with E-state index in [4.69, 9.17) is 0 Å². The van der Waals surface area contributed by atoms with Gasteiger partial charge in [0.15, 0.2) is 11.6 Å². The lowest BCUT2D eigenvalue weighted by atomic mass is 10.0. The summed E-state index contributed by atoms with van der Waals surface area (Å²) in [6.07, 6.45) is 1.15. The zero-order chi connectivity index (χ0) is 13.8. The predicted molar refractivity (Wildman–Crippen MR) is 72.9 cm³/mol. The molecule has 1 unspecified atom stereocenters. The fraction of sp³-hybridized carbons (Fsp3) is 0.600. The monoisotopic (exact) mass is 268 g/mol. The summed E-state index contributed by atoms with van der Waals surface area (Å²) in [5, 5.41) is 3.51. The molecule has 0 amide bonds. The molecule has 1 aliphatic heterocycles. The first kappa shape index (κ1) is 14.4. The quantitative estimate of drug-likeness (QED) is 0.903. The topological polar surface area (TPSA) is 15.3 Å². The molecule has 0 radical (unpaired) electrons. The van der Waals surface area contributed by atoms with Crippen LogP contribution in [0.1, 0.15) is 25.8 Å². The van der Waals surface area contributed by atoms with Gasteiger partial charge >= 0.3 is 0 Å². The first-order valence-electron chi connectivity index (χ1n) is 6.94. The summed E-state index contributed by atoms with van der Waals surface area (Å²) in [6.45, 7) is 8.01. The van der Waals surface area contributed by atoms with Crippen molar-refractivity contribution >= 4 is 0 Å². The van der Waals surface area contributed by atoms with Crippen LogP contribution >= 0.6 is 0 Å².